The van der Waals surface area contributed by atoms with Gasteiger partial charge in [0.25, 0.3) is 0 Å². The van der Waals surface area contributed by atoms with Gasteiger partial charge < -0.3 is 14.4 Å². The Morgan fingerprint density at radius 3 is 2.56 bits per heavy atom. The Bertz CT molecular complexity index is 602. The number of carbonyl (C=O) groups is 2. The first-order valence-corrected chi connectivity index (χ1v) is 11.0. The smallest absolute Gasteiger partial charge is 0.411 e. The highest BCUT2D eigenvalue weighted by Crippen LogP contribution is 2.43. The van der Waals surface area contributed by atoms with Crippen LogP contribution in [-0.2, 0) is 30.0 Å². The second-order valence-corrected chi connectivity index (χ2v) is 7.78. The third-order valence-electron chi connectivity index (χ3n) is 2.75. The Morgan fingerprint density at radius 2 is 1.96 bits per heavy atom. The molecule has 11 heteroatoms. The molecule has 0 aliphatic heterocycles. The Morgan fingerprint density at radius 1 is 1.28 bits per heavy atom. The van der Waals surface area contributed by atoms with Crippen molar-refractivity contribution in [3.05, 3.63) is 35.9 Å². The number of hydrogen-bond donors (Lipinski definition) is 2. The van der Waals surface area contributed by atoms with Gasteiger partial charge in [0.15, 0.2) is 0 Å². The summed E-state index contributed by atoms with van der Waals surface area (Å²) in [5, 5.41) is 0. The van der Waals surface area contributed by atoms with Crippen molar-refractivity contribution in [3.63, 3.8) is 0 Å². The molecule has 1 N–H and O–H groups in total. The van der Waals surface area contributed by atoms with Gasteiger partial charge in [0.1, 0.15) is 25.4 Å². The summed E-state index contributed by atoms with van der Waals surface area (Å²) in [6, 6.07) is 8.89. The molecule has 8 nitrogen and oxygen atoms in total. The topological polar surface area (TPSA) is 102 Å². The number of nitrogens with zero attached hydrogens (tertiary/aromatic N) is 1. The largest absolute Gasteiger partial charge is 0.465 e. The van der Waals surface area contributed by atoms with Gasteiger partial charge in [-0.25, -0.2) is 4.79 Å². The zero-order chi connectivity index (χ0) is 18.7. The van der Waals surface area contributed by atoms with Crippen molar-refractivity contribution in [3.8, 4) is 0 Å². The van der Waals surface area contributed by atoms with E-state index in [1.54, 1.807) is 31.2 Å². The van der Waals surface area contributed by atoms with Crippen molar-refractivity contribution in [2.24, 2.45) is 0 Å². The van der Waals surface area contributed by atoms with Crippen molar-refractivity contribution in [1.29, 1.82) is 0 Å². The molecule has 1 aromatic rings. The molecule has 0 bridgehead atoms. The lowest BCUT2D eigenvalue weighted by Gasteiger charge is -2.23. The normalized spacial score (nSPS) is 12.9. The fraction of sp³-hybridized carbons (Fsp3) is 0.429. The van der Waals surface area contributed by atoms with E-state index >= 15 is 0 Å². The van der Waals surface area contributed by atoms with E-state index in [0.29, 0.717) is 0 Å². The molecule has 0 aromatic heterocycles. The van der Waals surface area contributed by atoms with Crippen LogP contribution in [0.1, 0.15) is 12.5 Å². The van der Waals surface area contributed by atoms with E-state index in [4.69, 9.17) is 14.0 Å². The van der Waals surface area contributed by atoms with Gasteiger partial charge in [-0.05, 0) is 12.5 Å². The second kappa shape index (κ2) is 11.4. The van der Waals surface area contributed by atoms with E-state index in [1.165, 1.54) is 0 Å². The molecule has 1 unspecified atom stereocenters. The third-order valence-corrected chi connectivity index (χ3v) is 4.69. The maximum Gasteiger partial charge on any atom is 0.411 e. The first kappa shape index (κ1) is 21.9. The van der Waals surface area contributed by atoms with Crippen molar-refractivity contribution < 1.29 is 33.0 Å². The van der Waals surface area contributed by atoms with Crippen molar-refractivity contribution in [2.45, 2.75) is 13.5 Å². The summed E-state index contributed by atoms with van der Waals surface area (Å²) in [5.41, 5.74) is 0.738. The lowest BCUT2D eigenvalue weighted by Crippen LogP contribution is -2.37. The first-order valence-electron chi connectivity index (χ1n) is 7.22. The molecule has 1 rings (SSSR count). The molecule has 0 heterocycles. The summed E-state index contributed by atoms with van der Waals surface area (Å²) >= 11 is 3.80. The monoisotopic (exact) mass is 409 g/mol. The average Bonchev–Trinajstić information content (AvgIpc) is 2.58. The van der Waals surface area contributed by atoms with Crippen molar-refractivity contribution >= 4 is 42.1 Å². The fourth-order valence-corrected chi connectivity index (χ4v) is 3.71. The predicted molar refractivity (Wildman–Crippen MR) is 97.2 cm³/mol. The number of thiol groups is 1. The second-order valence-electron chi connectivity index (χ2n) is 4.70. The maximum absolute atomic E-state index is 12.2. The molecule has 1 aromatic carbocycles. The summed E-state index contributed by atoms with van der Waals surface area (Å²) in [7, 11) is -3.24. The van der Waals surface area contributed by atoms with Gasteiger partial charge in [0.05, 0.1) is 6.61 Å². The van der Waals surface area contributed by atoms with Gasteiger partial charge in [0.2, 0.25) is 0 Å². The number of ether oxygens (including phenoxy) is 2. The Hall–Kier alpha value is -1.19. The summed E-state index contributed by atoms with van der Waals surface area (Å²) < 4.78 is 26.6. The first-order chi connectivity index (χ1) is 11.9. The SMILES string of the molecule is CCOC(=O)CN(CP(=O)(O)OCSS)C(=O)OCc1ccccc1. The van der Waals surface area contributed by atoms with Crippen molar-refractivity contribution in [1.82, 2.24) is 4.90 Å². The molecule has 0 fully saturated rings. The molecule has 140 valence electrons. The van der Waals surface area contributed by atoms with Crippen LogP contribution in [0.25, 0.3) is 0 Å². The molecule has 0 radical (unpaired) electrons. The zero-order valence-corrected chi connectivity index (χ0v) is 16.2. The van der Waals surface area contributed by atoms with Gasteiger partial charge in [0, 0.05) is 0 Å². The van der Waals surface area contributed by atoms with E-state index in [2.05, 4.69) is 11.7 Å². The molecule has 0 saturated carbocycles. The average molecular weight is 409 g/mol. The van der Waals surface area contributed by atoms with Crippen LogP contribution in [0.3, 0.4) is 0 Å². The molecule has 1 atom stereocenters. The maximum atomic E-state index is 12.2. The summed E-state index contributed by atoms with van der Waals surface area (Å²) in [6.07, 6.45) is -1.62. The molecular weight excluding hydrogens is 389 g/mol. The molecule has 25 heavy (non-hydrogen) atoms. The van der Waals surface area contributed by atoms with Crippen LogP contribution in [0, 0.1) is 0 Å². The van der Waals surface area contributed by atoms with Crippen LogP contribution >= 0.6 is 30.1 Å². The lowest BCUT2D eigenvalue weighted by molar-refractivity contribution is -0.143. The number of carbonyl (C=O) groups excluding carboxylic acids is 2. The van der Waals surface area contributed by atoms with Gasteiger partial charge in [-0.3, -0.25) is 18.8 Å². The van der Waals surface area contributed by atoms with Crippen LogP contribution in [0.4, 0.5) is 4.79 Å². The predicted octanol–water partition coefficient (Wildman–Crippen LogP) is 2.88. The van der Waals surface area contributed by atoms with Crippen LogP contribution in [0.2, 0.25) is 0 Å². The summed E-state index contributed by atoms with van der Waals surface area (Å²) in [4.78, 5) is 34.4. The Kier molecular flexibility index (Phi) is 9.99. The Balaban J connectivity index is 2.72. The van der Waals surface area contributed by atoms with Crippen LogP contribution in [0.5, 0.6) is 0 Å². The molecule has 0 spiro atoms. The fourth-order valence-electron chi connectivity index (χ4n) is 1.71. The number of esters is 1. The van der Waals surface area contributed by atoms with E-state index in [1.807, 2.05) is 6.07 Å². The summed E-state index contributed by atoms with van der Waals surface area (Å²) in [5.74, 6) is -0.869. The lowest BCUT2D eigenvalue weighted by atomic mass is 10.2. The minimum absolute atomic E-state index is 0.0396. The molecule has 1 amide bonds. The molecule has 0 aliphatic carbocycles. The van der Waals surface area contributed by atoms with Gasteiger partial charge >= 0.3 is 19.7 Å². The van der Waals surface area contributed by atoms with Crippen LogP contribution in [-0.4, -0.2) is 47.2 Å². The zero-order valence-electron chi connectivity index (χ0n) is 13.6. The summed E-state index contributed by atoms with van der Waals surface area (Å²) in [6.45, 7) is 1.17. The van der Waals surface area contributed by atoms with Gasteiger partial charge in [-0.1, -0.05) is 41.1 Å². The minimum atomic E-state index is -4.14. The highest BCUT2D eigenvalue weighted by Gasteiger charge is 2.30. The van der Waals surface area contributed by atoms with E-state index in [0.717, 1.165) is 21.3 Å². The van der Waals surface area contributed by atoms with Gasteiger partial charge in [-0.2, -0.15) is 0 Å². The molecule has 0 aliphatic rings. The standard InChI is InChI=1S/C14H20NO7PS2/c1-2-20-13(16)8-15(10-23(18,19)22-11-25-24)14(17)21-9-12-6-4-3-5-7-12/h3-7,24H,2,8-11H2,1H3,(H,18,19). The van der Waals surface area contributed by atoms with Crippen LogP contribution < -0.4 is 0 Å². The van der Waals surface area contributed by atoms with Crippen molar-refractivity contribution in [2.75, 3.05) is 25.4 Å². The molecular formula is C14H20NO7PS2. The van der Waals surface area contributed by atoms with E-state index in [9.17, 15) is 19.0 Å². The number of rotatable bonds is 10. The van der Waals surface area contributed by atoms with Crippen LogP contribution in [0.15, 0.2) is 30.3 Å². The number of hydrogen-bond acceptors (Lipinski definition) is 8. The molecule has 0 saturated heterocycles. The van der Waals surface area contributed by atoms with E-state index in [-0.39, 0.29) is 19.2 Å². The van der Waals surface area contributed by atoms with E-state index < -0.39 is 32.5 Å². The third kappa shape index (κ3) is 9.18. The Labute approximate surface area is 155 Å². The quantitative estimate of drug-likeness (QED) is 0.200. The highest BCUT2D eigenvalue weighted by molar-refractivity contribution is 8.68. The number of benzene rings is 1. The highest BCUT2D eigenvalue weighted by atomic mass is 33.1. The van der Waals surface area contributed by atoms with Gasteiger partial charge in [-0.15, -0.1) is 11.7 Å². The minimum Gasteiger partial charge on any atom is -0.465 e. The number of amides is 1.